The van der Waals surface area contributed by atoms with Gasteiger partial charge in [-0.1, -0.05) is 78.4 Å². The van der Waals surface area contributed by atoms with E-state index >= 15 is 0 Å². The third kappa shape index (κ3) is 4.76. The molecule has 0 atom stereocenters. The van der Waals surface area contributed by atoms with Crippen LogP contribution in [0.25, 0.3) is 17.7 Å². The largest absolute Gasteiger partial charge is 0.487 e. The zero-order valence-corrected chi connectivity index (χ0v) is 20.9. The minimum absolute atomic E-state index is 0.467. The highest BCUT2D eigenvalue weighted by molar-refractivity contribution is 6.32. The second-order valence-electron chi connectivity index (χ2n) is 9.15. The summed E-state index contributed by atoms with van der Waals surface area (Å²) in [7, 11) is 0. The van der Waals surface area contributed by atoms with Gasteiger partial charge >= 0.3 is 0 Å². The Bertz CT molecular complexity index is 1560. The molecule has 0 spiro atoms. The van der Waals surface area contributed by atoms with Crippen molar-refractivity contribution in [1.82, 2.24) is 0 Å². The molecule has 1 aliphatic heterocycles. The summed E-state index contributed by atoms with van der Waals surface area (Å²) in [6, 6.07) is 17.0. The maximum Gasteiger partial charge on any atom is 0.145 e. The summed E-state index contributed by atoms with van der Waals surface area (Å²) in [4.78, 5) is 4.08. The summed E-state index contributed by atoms with van der Waals surface area (Å²) in [6.07, 6.45) is 15.4. The molecule has 0 saturated heterocycles. The number of ether oxygens (including phenoxy) is 1. The molecular weight excluding hydrogens is 450 g/mol. The minimum atomic E-state index is 0.467. The summed E-state index contributed by atoms with van der Waals surface area (Å²) < 4.78 is 5.84. The first kappa shape index (κ1) is 23.4. The van der Waals surface area contributed by atoms with Crippen LogP contribution in [-0.4, -0.2) is 12.8 Å². The van der Waals surface area contributed by atoms with Crippen molar-refractivity contribution >= 4 is 35.5 Å². The van der Waals surface area contributed by atoms with Crippen molar-refractivity contribution in [2.75, 3.05) is 6.61 Å². The highest BCUT2D eigenvalue weighted by Gasteiger charge is 2.15. The van der Waals surface area contributed by atoms with E-state index in [4.69, 9.17) is 16.3 Å². The lowest BCUT2D eigenvalue weighted by Gasteiger charge is -2.19. The zero-order chi connectivity index (χ0) is 24.2. The molecule has 0 amide bonds. The molecule has 0 radical (unpaired) electrons. The van der Waals surface area contributed by atoms with Crippen molar-refractivity contribution in [2.45, 2.75) is 39.0 Å². The van der Waals surface area contributed by atoms with E-state index in [1.54, 1.807) is 11.6 Å². The van der Waals surface area contributed by atoms with Gasteiger partial charge in [0.05, 0.1) is 5.02 Å². The number of rotatable bonds is 3. The Labute approximate surface area is 212 Å². The Hall–Kier alpha value is -3.36. The molecule has 3 aromatic rings. The van der Waals surface area contributed by atoms with Gasteiger partial charge in [0.25, 0.3) is 0 Å². The van der Waals surface area contributed by atoms with Gasteiger partial charge in [-0.3, -0.25) is 4.99 Å². The molecule has 3 aliphatic rings. The highest BCUT2D eigenvalue weighted by Crippen LogP contribution is 2.25. The van der Waals surface area contributed by atoms with Crippen LogP contribution < -0.4 is 15.2 Å². The van der Waals surface area contributed by atoms with Gasteiger partial charge in [0.15, 0.2) is 0 Å². The van der Waals surface area contributed by atoms with Crippen LogP contribution in [0.5, 0.6) is 5.75 Å². The Morgan fingerprint density at radius 2 is 1.80 bits per heavy atom. The van der Waals surface area contributed by atoms with Crippen molar-refractivity contribution < 1.29 is 4.74 Å². The van der Waals surface area contributed by atoms with E-state index < -0.39 is 0 Å². The van der Waals surface area contributed by atoms with Crippen LogP contribution in [0.1, 0.15) is 42.0 Å². The Morgan fingerprint density at radius 3 is 2.69 bits per heavy atom. The molecule has 0 aromatic heterocycles. The quantitative estimate of drug-likeness (QED) is 0.403. The highest BCUT2D eigenvalue weighted by atomic mass is 35.5. The van der Waals surface area contributed by atoms with Crippen LogP contribution in [0.3, 0.4) is 0 Å². The van der Waals surface area contributed by atoms with Crippen LogP contribution in [0.2, 0.25) is 5.02 Å². The lowest BCUT2D eigenvalue weighted by molar-refractivity contribution is 0.360. The molecule has 2 aliphatic carbocycles. The van der Waals surface area contributed by atoms with Gasteiger partial charge in [0.2, 0.25) is 0 Å². The standard InChI is InChI=1S/C22H21ClO.C10H9N/c1-3-13-24-22-20-10-9-17-16-6-4-5-14(2)15(16)7-8-18(17)19(20)11-12-21(22)23;1-2-4-10-6-8-11-7-5-9(10)3-1/h3,7-8,10-12H,1,4-6,9,13H2,2H3;1-5,7-8H,6H2. The van der Waals surface area contributed by atoms with Crippen LogP contribution in [0.15, 0.2) is 72.4 Å². The van der Waals surface area contributed by atoms with Crippen molar-refractivity contribution in [2.24, 2.45) is 4.99 Å². The molecule has 0 N–H and O–H groups in total. The average molecular weight is 480 g/mol. The summed E-state index contributed by atoms with van der Waals surface area (Å²) >= 11 is 6.38. The second kappa shape index (κ2) is 10.5. The van der Waals surface area contributed by atoms with Gasteiger partial charge in [-0.05, 0) is 82.7 Å². The maximum absolute atomic E-state index is 6.38. The van der Waals surface area contributed by atoms with Crippen LogP contribution in [-0.2, 0) is 19.3 Å². The average Bonchev–Trinajstić information content (AvgIpc) is 3.14. The number of fused-ring (bicyclic) bond motifs is 5. The van der Waals surface area contributed by atoms with E-state index in [1.165, 1.54) is 57.2 Å². The van der Waals surface area contributed by atoms with E-state index in [0.717, 1.165) is 23.8 Å². The normalized spacial score (nSPS) is 14.7. The Kier molecular flexibility index (Phi) is 7.01. The molecule has 0 bridgehead atoms. The van der Waals surface area contributed by atoms with Gasteiger partial charge in [-0.25, -0.2) is 0 Å². The third-order valence-electron chi connectivity index (χ3n) is 6.98. The fourth-order valence-corrected chi connectivity index (χ4v) is 5.47. The number of halogens is 1. The van der Waals surface area contributed by atoms with Crippen LogP contribution in [0, 0.1) is 10.4 Å². The van der Waals surface area contributed by atoms with Gasteiger partial charge in [0, 0.05) is 24.1 Å². The number of hydrogen-bond acceptors (Lipinski definition) is 2. The maximum atomic E-state index is 6.38. The van der Waals surface area contributed by atoms with Gasteiger partial charge in [-0.15, -0.1) is 0 Å². The SMILES string of the molecule is C1=Cc2ccccc2CC=N1.C=CCOc1c(Cl)ccc2c1=CCc1c3c(ccc1=2)=C(C)CCC3. The molecule has 0 unspecified atom stereocenters. The minimum Gasteiger partial charge on any atom is -0.487 e. The van der Waals surface area contributed by atoms with Gasteiger partial charge in [0.1, 0.15) is 12.4 Å². The molecule has 0 saturated carbocycles. The first-order valence-corrected chi connectivity index (χ1v) is 12.7. The first-order valence-electron chi connectivity index (χ1n) is 12.3. The van der Waals surface area contributed by atoms with E-state index in [1.807, 2.05) is 24.6 Å². The smallest absolute Gasteiger partial charge is 0.145 e. The van der Waals surface area contributed by atoms with Crippen LogP contribution >= 0.6 is 11.6 Å². The predicted octanol–water partition coefficient (Wildman–Crippen LogP) is 6.32. The fourth-order valence-electron chi connectivity index (χ4n) is 5.25. The lowest BCUT2D eigenvalue weighted by atomic mass is 9.86. The summed E-state index contributed by atoms with van der Waals surface area (Å²) in [5.41, 5.74) is 7.18. The monoisotopic (exact) mass is 479 g/mol. The zero-order valence-electron chi connectivity index (χ0n) is 20.2. The molecule has 35 heavy (non-hydrogen) atoms. The Morgan fingerprint density at radius 1 is 0.971 bits per heavy atom. The van der Waals surface area contributed by atoms with Gasteiger partial charge in [-0.2, -0.15) is 0 Å². The predicted molar refractivity (Wildman–Crippen MR) is 148 cm³/mol. The van der Waals surface area contributed by atoms with Crippen molar-refractivity contribution in [3.63, 3.8) is 0 Å². The van der Waals surface area contributed by atoms with E-state index in [9.17, 15) is 0 Å². The van der Waals surface area contributed by atoms with E-state index in [2.05, 4.69) is 67.0 Å². The topological polar surface area (TPSA) is 21.6 Å². The molecule has 0 fully saturated rings. The van der Waals surface area contributed by atoms with Crippen molar-refractivity contribution in [3.05, 3.63) is 116 Å². The molecular formula is C32H30ClNO. The summed E-state index contributed by atoms with van der Waals surface area (Å²) in [6.45, 7) is 6.47. The number of hydrogen-bond donors (Lipinski definition) is 0. The first-order chi connectivity index (χ1) is 17.2. The second-order valence-corrected chi connectivity index (χ2v) is 9.55. The molecule has 6 rings (SSSR count). The summed E-state index contributed by atoms with van der Waals surface area (Å²) in [5, 5.41) is 5.81. The van der Waals surface area contributed by atoms with E-state index in [0.29, 0.717) is 11.6 Å². The number of benzene rings is 3. The molecule has 2 nitrogen and oxygen atoms in total. The van der Waals surface area contributed by atoms with Crippen molar-refractivity contribution in [1.29, 1.82) is 0 Å². The summed E-state index contributed by atoms with van der Waals surface area (Å²) in [5.74, 6) is 0.778. The van der Waals surface area contributed by atoms with E-state index in [-0.39, 0.29) is 0 Å². The fraction of sp³-hybridized carbons (Fsp3) is 0.219. The van der Waals surface area contributed by atoms with Gasteiger partial charge < -0.3 is 4.74 Å². The van der Waals surface area contributed by atoms with Crippen molar-refractivity contribution in [3.8, 4) is 5.75 Å². The molecule has 1 heterocycles. The molecule has 3 aromatic carbocycles. The molecule has 176 valence electrons. The number of nitrogens with zero attached hydrogens (tertiary/aromatic N) is 1. The lowest BCUT2D eigenvalue weighted by Crippen LogP contribution is -2.22. The Balaban J connectivity index is 0.000000192. The number of aliphatic imine (C=N–C) groups is 1. The molecule has 3 heteroatoms. The third-order valence-corrected chi connectivity index (χ3v) is 7.27. The van der Waals surface area contributed by atoms with Crippen LogP contribution in [0.4, 0.5) is 0 Å².